The first-order valence-corrected chi connectivity index (χ1v) is 9.88. The number of hydrogen-bond acceptors (Lipinski definition) is 6. The van der Waals surface area contributed by atoms with Crippen LogP contribution < -0.4 is 10.2 Å². The summed E-state index contributed by atoms with van der Waals surface area (Å²) in [5.74, 6) is -0.155. The van der Waals surface area contributed by atoms with Gasteiger partial charge < -0.3 is 19.7 Å². The van der Waals surface area contributed by atoms with Gasteiger partial charge in [0.1, 0.15) is 5.82 Å². The number of thioether (sulfide) groups is 1. The number of nitrogens with zero attached hydrogens (tertiary/aromatic N) is 1. The molecule has 4 rings (SSSR count). The van der Waals surface area contributed by atoms with Crippen LogP contribution in [-0.4, -0.2) is 45.3 Å². The monoisotopic (exact) mass is 460 g/mol. The van der Waals surface area contributed by atoms with Crippen molar-refractivity contribution in [1.29, 1.82) is 0 Å². The largest absolute Gasteiger partial charge is 0.465 e. The molecule has 0 atom stereocenters. The fraction of sp³-hybridized carbons (Fsp3) is 0.350. The van der Waals surface area contributed by atoms with Crippen molar-refractivity contribution >= 4 is 48.2 Å². The molecule has 0 saturated carbocycles. The van der Waals surface area contributed by atoms with Crippen molar-refractivity contribution in [2.75, 3.05) is 44.2 Å². The van der Waals surface area contributed by atoms with E-state index in [1.54, 1.807) is 17.8 Å². The van der Waals surface area contributed by atoms with Crippen molar-refractivity contribution in [2.24, 2.45) is 0 Å². The lowest BCUT2D eigenvalue weighted by Gasteiger charge is -2.31. The zero-order valence-electron chi connectivity index (χ0n) is 15.9. The summed E-state index contributed by atoms with van der Waals surface area (Å²) in [5, 5.41) is 3.31. The second kappa shape index (κ2) is 10.5. The van der Waals surface area contributed by atoms with Gasteiger partial charge in [-0.1, -0.05) is 18.2 Å². The lowest BCUT2D eigenvalue weighted by atomic mass is 9.98. The van der Waals surface area contributed by atoms with E-state index in [1.165, 1.54) is 13.2 Å². The summed E-state index contributed by atoms with van der Waals surface area (Å²) in [4.78, 5) is 15.4. The maximum absolute atomic E-state index is 15.1. The number of ether oxygens (including phenoxy) is 2. The summed E-state index contributed by atoms with van der Waals surface area (Å²) in [5.41, 5.74) is 3.48. The van der Waals surface area contributed by atoms with Crippen LogP contribution in [0, 0.1) is 5.82 Å². The lowest BCUT2D eigenvalue weighted by Crippen LogP contribution is -2.37. The maximum atomic E-state index is 15.1. The highest BCUT2D eigenvalue weighted by Gasteiger charge is 2.24. The van der Waals surface area contributed by atoms with E-state index in [0.717, 1.165) is 28.4 Å². The van der Waals surface area contributed by atoms with Crippen molar-refractivity contribution in [3.8, 4) is 11.1 Å². The van der Waals surface area contributed by atoms with E-state index in [4.69, 9.17) is 9.47 Å². The van der Waals surface area contributed by atoms with Gasteiger partial charge in [-0.15, -0.1) is 36.6 Å². The van der Waals surface area contributed by atoms with Crippen molar-refractivity contribution in [3.05, 3.63) is 47.3 Å². The zero-order chi connectivity index (χ0) is 18.8. The molecule has 0 unspecified atom stereocenters. The number of carbonyl (C=O) groups excluding carboxylic acids is 1. The lowest BCUT2D eigenvalue weighted by molar-refractivity contribution is 0.0600. The van der Waals surface area contributed by atoms with Crippen molar-refractivity contribution in [2.45, 2.75) is 11.4 Å². The van der Waals surface area contributed by atoms with Gasteiger partial charge in [-0.2, -0.15) is 0 Å². The fourth-order valence-electron chi connectivity index (χ4n) is 3.52. The highest BCUT2D eigenvalue weighted by Crippen LogP contribution is 2.39. The van der Waals surface area contributed by atoms with Gasteiger partial charge in [0.15, 0.2) is 0 Å². The molecule has 0 spiro atoms. The Labute approximate surface area is 186 Å². The van der Waals surface area contributed by atoms with Gasteiger partial charge in [-0.05, 0) is 23.3 Å². The van der Waals surface area contributed by atoms with Crippen LogP contribution in [0.4, 0.5) is 10.1 Å². The second-order valence-electron chi connectivity index (χ2n) is 6.45. The average molecular weight is 461 g/mol. The molecule has 0 bridgehead atoms. The van der Waals surface area contributed by atoms with Gasteiger partial charge in [0.25, 0.3) is 0 Å². The molecule has 0 aromatic heterocycles. The molecule has 0 radical (unpaired) electrons. The maximum Gasteiger partial charge on any atom is 0.340 e. The van der Waals surface area contributed by atoms with Crippen LogP contribution in [0.15, 0.2) is 35.2 Å². The molecule has 0 amide bonds. The second-order valence-corrected chi connectivity index (χ2v) is 7.44. The Morgan fingerprint density at radius 1 is 1.21 bits per heavy atom. The Bertz CT molecular complexity index is 879. The molecule has 2 heterocycles. The Morgan fingerprint density at radius 2 is 1.97 bits per heavy atom. The number of fused-ring (bicyclic) bond motifs is 1. The summed E-state index contributed by atoms with van der Waals surface area (Å²) < 4.78 is 25.4. The predicted molar refractivity (Wildman–Crippen MR) is 118 cm³/mol. The van der Waals surface area contributed by atoms with Crippen molar-refractivity contribution in [1.82, 2.24) is 5.32 Å². The molecule has 2 aliphatic rings. The first-order valence-electron chi connectivity index (χ1n) is 8.89. The standard InChI is InChI=1S/C20H21FN2O3S.2ClH/c1-25-20(24)16-9-17(21)15(10-18(16)23-5-7-26-8-6-23)14-4-2-3-13-11-22-12-27-19(13)14;;/h2-4,9-10,22H,5-8,11-12H2,1H3;2*1H. The molecule has 5 nitrogen and oxygen atoms in total. The van der Waals surface area contributed by atoms with E-state index in [-0.39, 0.29) is 30.4 Å². The third kappa shape index (κ3) is 4.81. The number of esters is 1. The van der Waals surface area contributed by atoms with E-state index in [9.17, 15) is 4.79 Å². The van der Waals surface area contributed by atoms with Gasteiger partial charge >= 0.3 is 5.97 Å². The fourth-order valence-corrected chi connectivity index (χ4v) is 4.53. The third-order valence-corrected chi connectivity index (χ3v) is 5.98. The van der Waals surface area contributed by atoms with Crippen LogP contribution in [0.2, 0.25) is 0 Å². The number of rotatable bonds is 3. The zero-order valence-corrected chi connectivity index (χ0v) is 18.4. The first-order chi connectivity index (χ1) is 13.2. The molecular formula is C20H23Cl2FN2O3S. The molecular weight excluding hydrogens is 438 g/mol. The quantitative estimate of drug-likeness (QED) is 0.695. The average Bonchev–Trinajstić information content (AvgIpc) is 2.73. The highest BCUT2D eigenvalue weighted by atomic mass is 35.5. The topological polar surface area (TPSA) is 50.8 Å². The van der Waals surface area contributed by atoms with Crippen LogP contribution in [0.25, 0.3) is 11.1 Å². The smallest absolute Gasteiger partial charge is 0.340 e. The van der Waals surface area contributed by atoms with Crippen LogP contribution >= 0.6 is 36.6 Å². The van der Waals surface area contributed by atoms with Crippen molar-refractivity contribution < 1.29 is 18.7 Å². The number of methoxy groups -OCH3 is 1. The Hall–Kier alpha value is -1.51. The molecule has 9 heteroatoms. The molecule has 2 aromatic rings. The number of carbonyl (C=O) groups is 1. The minimum Gasteiger partial charge on any atom is -0.465 e. The van der Waals surface area contributed by atoms with Crippen molar-refractivity contribution in [3.63, 3.8) is 0 Å². The van der Waals surface area contributed by atoms with Crippen LogP contribution in [0.1, 0.15) is 15.9 Å². The molecule has 1 N–H and O–H groups in total. The minimum absolute atomic E-state index is 0. The van der Waals surface area contributed by atoms with Gasteiger partial charge in [0.05, 0.1) is 31.6 Å². The minimum atomic E-state index is -0.532. The predicted octanol–water partition coefficient (Wildman–Crippen LogP) is 4.11. The molecule has 1 saturated heterocycles. The number of halogens is 3. The molecule has 158 valence electrons. The summed E-state index contributed by atoms with van der Waals surface area (Å²) in [6, 6.07) is 9.03. The third-order valence-electron chi connectivity index (χ3n) is 4.86. The van der Waals surface area contributed by atoms with E-state index < -0.39 is 11.8 Å². The molecule has 1 fully saturated rings. The number of morpholine rings is 1. The normalized spacial score (nSPS) is 15.6. The summed E-state index contributed by atoms with van der Waals surface area (Å²) in [6.45, 7) is 3.24. The molecule has 29 heavy (non-hydrogen) atoms. The van der Waals surface area contributed by atoms with Gasteiger partial charge in [-0.25, -0.2) is 9.18 Å². The van der Waals surface area contributed by atoms with E-state index in [2.05, 4.69) is 16.3 Å². The SMILES string of the molecule is COC(=O)c1cc(F)c(-c2cccc3c2SCNC3)cc1N1CCOCC1.Cl.Cl. The van der Waals surface area contributed by atoms with Gasteiger partial charge in [0.2, 0.25) is 0 Å². The van der Waals surface area contributed by atoms with Gasteiger partial charge in [-0.3, -0.25) is 0 Å². The Morgan fingerprint density at radius 3 is 2.69 bits per heavy atom. The van der Waals surface area contributed by atoms with Crippen LogP contribution in [-0.2, 0) is 16.0 Å². The Balaban J connectivity index is 0.00000150. The number of nitrogens with one attached hydrogen (secondary N) is 1. The molecule has 2 aliphatic heterocycles. The summed E-state index contributed by atoms with van der Waals surface area (Å²) >= 11 is 1.67. The summed E-state index contributed by atoms with van der Waals surface area (Å²) in [7, 11) is 1.31. The number of benzene rings is 2. The van der Waals surface area contributed by atoms with E-state index in [0.29, 0.717) is 37.6 Å². The van der Waals surface area contributed by atoms with Gasteiger partial charge in [0, 0.05) is 36.0 Å². The number of anilines is 1. The Kier molecular flexibility index (Phi) is 8.60. The molecule has 2 aromatic carbocycles. The van der Waals surface area contributed by atoms with E-state index in [1.807, 2.05) is 12.1 Å². The summed E-state index contributed by atoms with van der Waals surface area (Å²) in [6.07, 6.45) is 0. The first kappa shape index (κ1) is 23.8. The number of hydrogen-bond donors (Lipinski definition) is 1. The van der Waals surface area contributed by atoms with Crippen LogP contribution in [0.5, 0.6) is 0 Å². The van der Waals surface area contributed by atoms with Crippen LogP contribution in [0.3, 0.4) is 0 Å². The van der Waals surface area contributed by atoms with E-state index >= 15 is 4.39 Å². The molecule has 0 aliphatic carbocycles. The highest BCUT2D eigenvalue weighted by molar-refractivity contribution is 7.99.